The van der Waals surface area contributed by atoms with Gasteiger partial charge in [-0.25, -0.2) is 13.8 Å². The summed E-state index contributed by atoms with van der Waals surface area (Å²) in [5.74, 6) is 0.742. The van der Waals surface area contributed by atoms with E-state index in [-0.39, 0.29) is 28.6 Å². The zero-order valence-corrected chi connectivity index (χ0v) is 21.2. The number of ether oxygens (including phenoxy) is 1. The molecule has 0 bridgehead atoms. The lowest BCUT2D eigenvalue weighted by atomic mass is 9.86. The number of benzene rings is 2. The second-order valence-electron chi connectivity index (χ2n) is 10.6. The molecule has 8 heteroatoms. The normalized spacial score (nSPS) is 21.3. The monoisotopic (exact) mass is 527 g/mol. The van der Waals surface area contributed by atoms with E-state index in [9.17, 15) is 8.78 Å². The molecule has 0 spiro atoms. The number of halogens is 4. The third-order valence-corrected chi connectivity index (χ3v) is 8.29. The highest BCUT2D eigenvalue weighted by Crippen LogP contribution is 2.48. The van der Waals surface area contributed by atoms with E-state index in [4.69, 9.17) is 16.3 Å². The Balaban J connectivity index is 1.15. The molecule has 0 radical (unpaired) electrons. The highest BCUT2D eigenvalue weighted by molar-refractivity contribution is 6.30. The van der Waals surface area contributed by atoms with Crippen LogP contribution in [0.4, 0.5) is 13.2 Å². The zero-order chi connectivity index (χ0) is 25.6. The third kappa shape index (κ3) is 4.91. The third-order valence-electron chi connectivity index (χ3n) is 8.05. The summed E-state index contributed by atoms with van der Waals surface area (Å²) in [7, 11) is 0. The number of alkyl halides is 1. The maximum Gasteiger partial charge on any atom is 0.148 e. The summed E-state index contributed by atoms with van der Waals surface area (Å²) < 4.78 is 51.5. The molecule has 0 N–H and O–H groups in total. The van der Waals surface area contributed by atoms with Crippen LogP contribution in [0.15, 0.2) is 54.9 Å². The van der Waals surface area contributed by atoms with Crippen LogP contribution in [-0.2, 0) is 13.1 Å². The van der Waals surface area contributed by atoms with Gasteiger partial charge in [-0.3, -0.25) is 9.29 Å². The summed E-state index contributed by atoms with van der Waals surface area (Å²) in [6.07, 6.45) is 7.87. The smallest absolute Gasteiger partial charge is 0.148 e. The molecule has 1 atom stereocenters. The summed E-state index contributed by atoms with van der Waals surface area (Å²) in [6, 6.07) is 9.90. The van der Waals surface area contributed by atoms with Crippen molar-refractivity contribution in [2.45, 2.75) is 50.8 Å². The van der Waals surface area contributed by atoms with Gasteiger partial charge in [0.15, 0.2) is 0 Å². The van der Waals surface area contributed by atoms with E-state index in [0.717, 1.165) is 56.7 Å². The van der Waals surface area contributed by atoms with E-state index in [1.54, 1.807) is 24.4 Å². The largest absolute Gasteiger partial charge is 0.480 e. The molecule has 3 aromatic rings. The number of piperidine rings is 1. The first-order valence-electron chi connectivity index (χ1n) is 12.9. The quantitative estimate of drug-likeness (QED) is 0.324. The Morgan fingerprint density at radius 2 is 1.89 bits per heavy atom. The van der Waals surface area contributed by atoms with Gasteiger partial charge in [0.2, 0.25) is 0 Å². The van der Waals surface area contributed by atoms with Gasteiger partial charge >= 0.3 is 0 Å². The summed E-state index contributed by atoms with van der Waals surface area (Å²) in [6.45, 7) is 2.87. The molecule has 0 amide bonds. The van der Waals surface area contributed by atoms with E-state index < -0.39 is 17.7 Å². The van der Waals surface area contributed by atoms with Crippen LogP contribution in [0.1, 0.15) is 60.2 Å². The van der Waals surface area contributed by atoms with Gasteiger partial charge in [-0.15, -0.1) is 0 Å². The molecule has 1 unspecified atom stereocenters. The van der Waals surface area contributed by atoms with Gasteiger partial charge in [0.1, 0.15) is 29.3 Å². The summed E-state index contributed by atoms with van der Waals surface area (Å²) in [4.78, 5) is 6.91. The molecule has 1 saturated heterocycles. The molecule has 6 rings (SSSR count). The first-order valence-corrected chi connectivity index (χ1v) is 13.2. The summed E-state index contributed by atoms with van der Waals surface area (Å²) in [5, 5.41) is 0.284. The van der Waals surface area contributed by atoms with E-state index in [2.05, 4.69) is 14.5 Å². The van der Waals surface area contributed by atoms with Crippen LogP contribution in [0.2, 0.25) is 5.02 Å². The van der Waals surface area contributed by atoms with Crippen molar-refractivity contribution in [2.24, 2.45) is 5.41 Å². The minimum atomic E-state index is -0.857. The molecular weight excluding hydrogens is 499 g/mol. The van der Waals surface area contributed by atoms with Gasteiger partial charge in [0, 0.05) is 34.9 Å². The summed E-state index contributed by atoms with van der Waals surface area (Å²) in [5.41, 5.74) is 1.44. The van der Waals surface area contributed by atoms with Gasteiger partial charge in [-0.2, -0.15) is 0 Å². The van der Waals surface area contributed by atoms with Crippen molar-refractivity contribution in [1.29, 1.82) is 0 Å². The van der Waals surface area contributed by atoms with Gasteiger partial charge in [0.25, 0.3) is 0 Å². The van der Waals surface area contributed by atoms with Crippen LogP contribution in [-0.4, -0.2) is 34.2 Å². The van der Waals surface area contributed by atoms with Crippen molar-refractivity contribution >= 4 is 17.4 Å². The Morgan fingerprint density at radius 1 is 1.08 bits per heavy atom. The second-order valence-corrected chi connectivity index (χ2v) is 11.0. The van der Waals surface area contributed by atoms with E-state index >= 15 is 4.39 Å². The maximum absolute atomic E-state index is 15.1. The van der Waals surface area contributed by atoms with Crippen molar-refractivity contribution < 1.29 is 17.9 Å². The number of hydrogen-bond donors (Lipinski definition) is 0. The fourth-order valence-corrected chi connectivity index (χ4v) is 5.73. The molecule has 194 valence electrons. The number of aromatic nitrogens is 2. The number of para-hydroxylation sites is 1. The molecule has 2 fully saturated rings. The van der Waals surface area contributed by atoms with Gasteiger partial charge < -0.3 is 9.30 Å². The number of nitrogens with zero attached hydrogens (tertiary/aromatic N) is 3. The molecule has 2 aromatic carbocycles. The molecule has 3 heterocycles. The molecule has 37 heavy (non-hydrogen) atoms. The van der Waals surface area contributed by atoms with Crippen LogP contribution in [0.25, 0.3) is 5.83 Å². The van der Waals surface area contributed by atoms with Gasteiger partial charge in [-0.1, -0.05) is 29.8 Å². The van der Waals surface area contributed by atoms with Crippen LogP contribution >= 0.6 is 11.6 Å². The van der Waals surface area contributed by atoms with Gasteiger partial charge in [-0.05, 0) is 74.5 Å². The van der Waals surface area contributed by atoms with Crippen molar-refractivity contribution in [1.82, 2.24) is 14.5 Å². The Morgan fingerprint density at radius 3 is 2.62 bits per heavy atom. The van der Waals surface area contributed by atoms with E-state index in [1.165, 1.54) is 12.1 Å². The molecule has 1 aliphatic carbocycles. The summed E-state index contributed by atoms with van der Waals surface area (Å²) >= 11 is 5.90. The van der Waals surface area contributed by atoms with Crippen molar-refractivity contribution in [2.75, 3.05) is 19.8 Å². The van der Waals surface area contributed by atoms with Gasteiger partial charge in [0.05, 0.1) is 18.8 Å². The van der Waals surface area contributed by atoms with Crippen molar-refractivity contribution in [3.8, 4) is 5.75 Å². The predicted octanol–water partition coefficient (Wildman–Crippen LogP) is 7.25. The minimum Gasteiger partial charge on any atom is -0.480 e. The maximum atomic E-state index is 15.1. The highest BCUT2D eigenvalue weighted by atomic mass is 35.5. The molecule has 1 saturated carbocycles. The molecule has 1 aromatic heterocycles. The highest BCUT2D eigenvalue weighted by Gasteiger charge is 2.43. The lowest BCUT2D eigenvalue weighted by molar-refractivity contribution is 0.190. The van der Waals surface area contributed by atoms with Crippen LogP contribution in [0.5, 0.6) is 5.75 Å². The average molecular weight is 528 g/mol. The SMILES string of the molecule is FCC1(Cn2ccnc2CN2CCC(c3cccc4c3OC(c3ccc(Cl)cc3F)C=C4F)CC2)CC1. The predicted molar refractivity (Wildman–Crippen MR) is 137 cm³/mol. The second kappa shape index (κ2) is 9.84. The number of rotatable bonds is 7. The lowest BCUT2D eigenvalue weighted by Crippen LogP contribution is -2.34. The Kier molecular flexibility index (Phi) is 6.53. The van der Waals surface area contributed by atoms with Crippen LogP contribution < -0.4 is 4.74 Å². The Labute approximate surface area is 219 Å². The number of hydrogen-bond acceptors (Lipinski definition) is 3. The number of imidazole rings is 1. The first kappa shape index (κ1) is 24.6. The Hall–Kier alpha value is -2.77. The lowest BCUT2D eigenvalue weighted by Gasteiger charge is -2.34. The number of fused-ring (bicyclic) bond motifs is 1. The minimum absolute atomic E-state index is 0.189. The average Bonchev–Trinajstić information content (AvgIpc) is 3.55. The number of likely N-dealkylation sites (tertiary alicyclic amines) is 1. The molecule has 4 nitrogen and oxygen atoms in total. The van der Waals surface area contributed by atoms with Crippen molar-refractivity contribution in [3.05, 3.63) is 88.2 Å². The Bertz CT molecular complexity index is 1330. The van der Waals surface area contributed by atoms with E-state index in [0.29, 0.717) is 17.9 Å². The fraction of sp³-hybridized carbons (Fsp3) is 0.414. The first-order chi connectivity index (χ1) is 17.9. The topological polar surface area (TPSA) is 30.3 Å². The molecule has 3 aliphatic rings. The van der Waals surface area contributed by atoms with Crippen LogP contribution in [0.3, 0.4) is 0 Å². The van der Waals surface area contributed by atoms with Crippen molar-refractivity contribution in [3.63, 3.8) is 0 Å². The van der Waals surface area contributed by atoms with E-state index in [1.807, 2.05) is 18.3 Å². The zero-order valence-electron chi connectivity index (χ0n) is 20.5. The fourth-order valence-electron chi connectivity index (χ4n) is 5.57. The molecular formula is C29H29ClF3N3O. The van der Waals surface area contributed by atoms with Crippen LogP contribution in [0, 0.1) is 11.2 Å². The standard InChI is InChI=1S/C29H29ClF3N3O/c30-20-4-5-22(24(32)14-20)26-15-25(33)23-3-1-2-21(28(23)37-26)19-6-11-35(12-7-19)16-27-34-10-13-36(27)18-29(17-31)8-9-29/h1-5,10,13-15,19,26H,6-9,11-12,16-18H2. The molecule has 2 aliphatic heterocycles.